The molecular weight excluding hydrogens is 226 g/mol. The monoisotopic (exact) mass is 232 g/mol. The van der Waals surface area contributed by atoms with Gasteiger partial charge >= 0.3 is 5.97 Å². The van der Waals surface area contributed by atoms with E-state index in [2.05, 4.69) is 0 Å². The molecule has 0 spiro atoms. The van der Waals surface area contributed by atoms with Gasteiger partial charge in [0.2, 0.25) is 0 Å². The van der Waals surface area contributed by atoms with Crippen molar-refractivity contribution in [2.24, 2.45) is 0 Å². The topological polar surface area (TPSA) is 37.3 Å². The molecule has 1 fully saturated rings. The zero-order chi connectivity index (χ0) is 11.2. The van der Waals surface area contributed by atoms with Crippen molar-refractivity contribution in [3.8, 4) is 0 Å². The summed E-state index contributed by atoms with van der Waals surface area (Å²) in [5.74, 6) is -3.29. The minimum atomic E-state index is -1.18. The molecule has 0 aliphatic heterocycles. The fourth-order valence-electron chi connectivity index (χ4n) is 1.62. The first-order valence-electron chi connectivity index (χ1n) is 4.36. The molecule has 1 aromatic rings. The molecule has 2 nitrogen and oxygen atoms in total. The van der Waals surface area contributed by atoms with Crippen molar-refractivity contribution < 1.29 is 18.7 Å². The molecule has 2 rings (SSSR count). The molecule has 1 N–H and O–H groups in total. The summed E-state index contributed by atoms with van der Waals surface area (Å²) in [6.07, 6.45) is 0.820. The maximum absolute atomic E-state index is 13.1. The second kappa shape index (κ2) is 3.17. The molecule has 1 aliphatic rings. The summed E-state index contributed by atoms with van der Waals surface area (Å²) in [5, 5.41) is 8.55. The molecule has 80 valence electrons. The van der Waals surface area contributed by atoms with E-state index in [9.17, 15) is 13.6 Å². The van der Waals surface area contributed by atoms with Gasteiger partial charge in [0, 0.05) is 0 Å². The Kier molecular flexibility index (Phi) is 2.19. The van der Waals surface area contributed by atoms with Crippen molar-refractivity contribution in [1.82, 2.24) is 0 Å². The Morgan fingerprint density at radius 2 is 2.00 bits per heavy atom. The summed E-state index contributed by atoms with van der Waals surface area (Å²) in [7, 11) is 0. The second-order valence-corrected chi connectivity index (χ2v) is 3.99. The van der Waals surface area contributed by atoms with Gasteiger partial charge in [0.15, 0.2) is 11.6 Å². The average molecular weight is 233 g/mol. The molecule has 1 aromatic carbocycles. The smallest absolute Gasteiger partial charge is 0.314 e. The van der Waals surface area contributed by atoms with E-state index >= 15 is 0 Å². The van der Waals surface area contributed by atoms with Crippen molar-refractivity contribution in [2.45, 2.75) is 18.3 Å². The van der Waals surface area contributed by atoms with Crippen LogP contribution < -0.4 is 0 Å². The maximum Gasteiger partial charge on any atom is 0.314 e. The van der Waals surface area contributed by atoms with Gasteiger partial charge in [-0.25, -0.2) is 8.78 Å². The van der Waals surface area contributed by atoms with E-state index in [4.69, 9.17) is 16.7 Å². The normalized spacial score (nSPS) is 17.5. The first kappa shape index (κ1) is 10.4. The third-order valence-electron chi connectivity index (χ3n) is 2.71. The largest absolute Gasteiger partial charge is 0.481 e. The van der Waals surface area contributed by atoms with E-state index < -0.39 is 28.0 Å². The molecule has 5 heteroatoms. The van der Waals surface area contributed by atoms with Crippen molar-refractivity contribution in [1.29, 1.82) is 0 Å². The Morgan fingerprint density at radius 1 is 1.40 bits per heavy atom. The third-order valence-corrected chi connectivity index (χ3v) is 3.08. The minimum Gasteiger partial charge on any atom is -0.481 e. The number of hydrogen-bond donors (Lipinski definition) is 1. The summed E-state index contributed by atoms with van der Waals surface area (Å²) in [6.45, 7) is 0. The number of carboxylic acids is 1. The summed E-state index contributed by atoms with van der Waals surface area (Å²) >= 11 is 5.59. The molecule has 1 aliphatic carbocycles. The predicted molar refractivity (Wildman–Crippen MR) is 49.9 cm³/mol. The highest BCUT2D eigenvalue weighted by Crippen LogP contribution is 2.51. The highest BCUT2D eigenvalue weighted by molar-refractivity contribution is 6.32. The lowest BCUT2D eigenvalue weighted by Crippen LogP contribution is -2.20. The molecule has 0 atom stereocenters. The Hall–Kier alpha value is -1.16. The van der Waals surface area contributed by atoms with Crippen molar-refractivity contribution in [2.75, 3.05) is 0 Å². The number of rotatable bonds is 2. The van der Waals surface area contributed by atoms with Crippen LogP contribution in [-0.4, -0.2) is 11.1 Å². The van der Waals surface area contributed by atoms with E-state index in [0.717, 1.165) is 6.07 Å². The highest BCUT2D eigenvalue weighted by Gasteiger charge is 2.53. The van der Waals surface area contributed by atoms with Crippen LogP contribution in [0.25, 0.3) is 0 Å². The van der Waals surface area contributed by atoms with Crippen LogP contribution in [0.15, 0.2) is 12.1 Å². The minimum absolute atomic E-state index is 0.163. The summed E-state index contributed by atoms with van der Waals surface area (Å²) in [4.78, 5) is 11.0. The Balaban J connectivity index is 2.55. The van der Waals surface area contributed by atoms with Gasteiger partial charge in [0.05, 0.1) is 10.4 Å². The molecule has 0 unspecified atom stereocenters. The van der Waals surface area contributed by atoms with Crippen LogP contribution in [-0.2, 0) is 10.2 Å². The van der Waals surface area contributed by atoms with Crippen LogP contribution in [0.5, 0.6) is 0 Å². The van der Waals surface area contributed by atoms with Crippen LogP contribution >= 0.6 is 11.6 Å². The number of carboxylic acid groups (broad SMARTS) is 1. The van der Waals surface area contributed by atoms with Gasteiger partial charge < -0.3 is 5.11 Å². The van der Waals surface area contributed by atoms with E-state index in [1.165, 1.54) is 6.07 Å². The van der Waals surface area contributed by atoms with Crippen LogP contribution in [0, 0.1) is 11.6 Å². The van der Waals surface area contributed by atoms with Crippen molar-refractivity contribution >= 4 is 17.6 Å². The van der Waals surface area contributed by atoms with E-state index in [0.29, 0.717) is 12.8 Å². The SMILES string of the molecule is O=C(O)C1(c2ccc(F)c(F)c2Cl)CC1. The standard InChI is InChI=1S/C10H7ClF2O2/c11-7-5(1-2-6(12)8(7)13)10(3-4-10)9(14)15/h1-2H,3-4H2,(H,14,15). The van der Waals surface area contributed by atoms with Crippen LogP contribution in [0.1, 0.15) is 18.4 Å². The Bertz CT molecular complexity index is 441. The lowest BCUT2D eigenvalue weighted by Gasteiger charge is -2.12. The van der Waals surface area contributed by atoms with E-state index in [1.807, 2.05) is 0 Å². The average Bonchev–Trinajstić information content (AvgIpc) is 2.95. The van der Waals surface area contributed by atoms with Gasteiger partial charge in [-0.1, -0.05) is 17.7 Å². The number of hydrogen-bond acceptors (Lipinski definition) is 1. The Morgan fingerprint density at radius 3 is 2.47 bits per heavy atom. The lowest BCUT2D eigenvalue weighted by molar-refractivity contribution is -0.140. The van der Waals surface area contributed by atoms with Gasteiger partial charge in [0.1, 0.15) is 0 Å². The van der Waals surface area contributed by atoms with Crippen LogP contribution in [0.2, 0.25) is 5.02 Å². The molecule has 1 saturated carbocycles. The first-order valence-corrected chi connectivity index (χ1v) is 4.74. The van der Waals surface area contributed by atoms with Gasteiger partial charge in [-0.2, -0.15) is 0 Å². The van der Waals surface area contributed by atoms with Gasteiger partial charge in [-0.3, -0.25) is 4.79 Å². The maximum atomic E-state index is 13.1. The number of aliphatic carboxylic acids is 1. The van der Waals surface area contributed by atoms with Crippen LogP contribution in [0.4, 0.5) is 8.78 Å². The van der Waals surface area contributed by atoms with Gasteiger partial charge in [0.25, 0.3) is 0 Å². The van der Waals surface area contributed by atoms with E-state index in [-0.39, 0.29) is 5.56 Å². The summed E-state index contributed by atoms with van der Waals surface area (Å²) in [6, 6.07) is 2.14. The number of benzene rings is 1. The van der Waals surface area contributed by atoms with Crippen molar-refractivity contribution in [3.63, 3.8) is 0 Å². The summed E-state index contributed by atoms with van der Waals surface area (Å²) < 4.78 is 25.9. The highest BCUT2D eigenvalue weighted by atomic mass is 35.5. The van der Waals surface area contributed by atoms with Crippen LogP contribution in [0.3, 0.4) is 0 Å². The zero-order valence-corrected chi connectivity index (χ0v) is 8.31. The number of halogens is 3. The Labute approximate surface area is 89.5 Å². The first-order chi connectivity index (χ1) is 6.99. The zero-order valence-electron chi connectivity index (χ0n) is 7.56. The second-order valence-electron chi connectivity index (χ2n) is 3.61. The number of carbonyl (C=O) groups is 1. The van der Waals surface area contributed by atoms with Crippen molar-refractivity contribution in [3.05, 3.63) is 34.4 Å². The molecular formula is C10H7ClF2O2. The summed E-state index contributed by atoms with van der Waals surface area (Å²) in [5.41, 5.74) is -0.943. The van der Waals surface area contributed by atoms with Gasteiger partial charge in [-0.05, 0) is 24.5 Å². The predicted octanol–water partition coefficient (Wildman–Crippen LogP) is 2.73. The molecule has 0 aromatic heterocycles. The molecule has 0 saturated heterocycles. The molecule has 0 heterocycles. The third kappa shape index (κ3) is 1.40. The quantitative estimate of drug-likeness (QED) is 0.796. The molecule has 0 bridgehead atoms. The fourth-order valence-corrected chi connectivity index (χ4v) is 1.95. The molecule has 0 amide bonds. The lowest BCUT2D eigenvalue weighted by atomic mass is 9.96. The fraction of sp³-hybridized carbons (Fsp3) is 0.300. The van der Waals surface area contributed by atoms with E-state index in [1.54, 1.807) is 0 Å². The molecule has 15 heavy (non-hydrogen) atoms. The van der Waals surface area contributed by atoms with Gasteiger partial charge in [-0.15, -0.1) is 0 Å². The molecule has 0 radical (unpaired) electrons.